The minimum atomic E-state index is -0.200. The zero-order chi connectivity index (χ0) is 13.2. The highest BCUT2D eigenvalue weighted by molar-refractivity contribution is 5.85. The third-order valence-electron chi connectivity index (χ3n) is 3.34. The number of nitrogens with two attached hydrogens (primary N) is 1. The standard InChI is InChI=1S/C15H15N3O/c1-10-6-7-19-15(10)14(18-16)13-9-17-8-11-4-2-3-5-12(11)13/h2-9,14,18H,16H2,1H3. The Bertz CT molecular complexity index is 700. The van der Waals surface area contributed by atoms with Crippen molar-refractivity contribution in [2.24, 2.45) is 5.84 Å². The van der Waals surface area contributed by atoms with E-state index in [0.717, 1.165) is 27.7 Å². The van der Waals surface area contributed by atoms with Gasteiger partial charge in [0.1, 0.15) is 11.8 Å². The highest BCUT2D eigenvalue weighted by Crippen LogP contribution is 2.29. The second kappa shape index (κ2) is 4.84. The summed E-state index contributed by atoms with van der Waals surface area (Å²) >= 11 is 0. The number of pyridine rings is 1. The molecule has 3 aromatic rings. The zero-order valence-electron chi connectivity index (χ0n) is 10.6. The number of rotatable bonds is 3. The first-order valence-electron chi connectivity index (χ1n) is 6.14. The van der Waals surface area contributed by atoms with Crippen LogP contribution in [0.4, 0.5) is 0 Å². The molecule has 0 saturated heterocycles. The largest absolute Gasteiger partial charge is 0.467 e. The monoisotopic (exact) mass is 253 g/mol. The fraction of sp³-hybridized carbons (Fsp3) is 0.133. The maximum atomic E-state index is 5.72. The van der Waals surface area contributed by atoms with Gasteiger partial charge < -0.3 is 4.42 Å². The van der Waals surface area contributed by atoms with Crippen LogP contribution >= 0.6 is 0 Å². The maximum Gasteiger partial charge on any atom is 0.129 e. The molecule has 0 aliphatic carbocycles. The predicted octanol–water partition coefficient (Wildman–Crippen LogP) is 2.69. The second-order valence-electron chi connectivity index (χ2n) is 4.52. The molecule has 1 atom stereocenters. The van der Waals surface area contributed by atoms with Crippen molar-refractivity contribution < 1.29 is 4.42 Å². The third kappa shape index (κ3) is 2.01. The molecule has 3 N–H and O–H groups in total. The molecular weight excluding hydrogens is 238 g/mol. The lowest BCUT2D eigenvalue weighted by Gasteiger charge is -2.16. The number of fused-ring (bicyclic) bond motifs is 1. The van der Waals surface area contributed by atoms with Crippen LogP contribution in [0, 0.1) is 6.92 Å². The minimum Gasteiger partial charge on any atom is -0.467 e. The Morgan fingerprint density at radius 1 is 1.21 bits per heavy atom. The van der Waals surface area contributed by atoms with Crippen LogP contribution in [0.3, 0.4) is 0 Å². The van der Waals surface area contributed by atoms with Crippen LogP contribution in [-0.2, 0) is 0 Å². The lowest BCUT2D eigenvalue weighted by molar-refractivity contribution is 0.450. The molecule has 96 valence electrons. The Hall–Kier alpha value is -2.17. The summed E-state index contributed by atoms with van der Waals surface area (Å²) in [6.45, 7) is 2.00. The van der Waals surface area contributed by atoms with Crippen LogP contribution < -0.4 is 11.3 Å². The van der Waals surface area contributed by atoms with Crippen molar-refractivity contribution >= 4 is 10.8 Å². The number of hydrogen-bond acceptors (Lipinski definition) is 4. The molecule has 0 amide bonds. The number of nitrogens with one attached hydrogen (secondary N) is 1. The Kier molecular flexibility index (Phi) is 3.03. The van der Waals surface area contributed by atoms with Gasteiger partial charge in [0.05, 0.1) is 6.26 Å². The van der Waals surface area contributed by atoms with E-state index in [-0.39, 0.29) is 6.04 Å². The van der Waals surface area contributed by atoms with Crippen LogP contribution in [0.2, 0.25) is 0 Å². The molecule has 3 rings (SSSR count). The topological polar surface area (TPSA) is 64.1 Å². The molecule has 0 radical (unpaired) electrons. The fourth-order valence-corrected chi connectivity index (χ4v) is 2.36. The Morgan fingerprint density at radius 3 is 2.79 bits per heavy atom. The predicted molar refractivity (Wildman–Crippen MR) is 74.4 cm³/mol. The molecule has 0 fully saturated rings. The van der Waals surface area contributed by atoms with E-state index >= 15 is 0 Å². The van der Waals surface area contributed by atoms with Gasteiger partial charge in [-0.05, 0) is 23.9 Å². The third-order valence-corrected chi connectivity index (χ3v) is 3.34. The van der Waals surface area contributed by atoms with Crippen molar-refractivity contribution in [1.29, 1.82) is 0 Å². The van der Waals surface area contributed by atoms with E-state index < -0.39 is 0 Å². The van der Waals surface area contributed by atoms with Crippen LogP contribution in [-0.4, -0.2) is 4.98 Å². The van der Waals surface area contributed by atoms with Crippen molar-refractivity contribution in [3.63, 3.8) is 0 Å². The van der Waals surface area contributed by atoms with E-state index in [1.54, 1.807) is 6.26 Å². The van der Waals surface area contributed by atoms with Crippen molar-refractivity contribution in [2.45, 2.75) is 13.0 Å². The van der Waals surface area contributed by atoms with Gasteiger partial charge in [-0.25, -0.2) is 5.43 Å². The lowest BCUT2D eigenvalue weighted by atomic mass is 9.99. The second-order valence-corrected chi connectivity index (χ2v) is 4.52. The van der Waals surface area contributed by atoms with Crippen molar-refractivity contribution in [2.75, 3.05) is 0 Å². The number of benzene rings is 1. The van der Waals surface area contributed by atoms with E-state index in [1.807, 2.05) is 43.6 Å². The Labute approximate surface area is 111 Å². The van der Waals surface area contributed by atoms with Crippen molar-refractivity contribution in [1.82, 2.24) is 10.4 Å². The number of hydrogen-bond donors (Lipinski definition) is 2. The molecule has 1 unspecified atom stereocenters. The quantitative estimate of drug-likeness (QED) is 0.556. The van der Waals surface area contributed by atoms with Gasteiger partial charge in [-0.15, -0.1) is 0 Å². The van der Waals surface area contributed by atoms with E-state index in [1.165, 1.54) is 0 Å². The smallest absolute Gasteiger partial charge is 0.129 e. The Balaban J connectivity index is 2.20. The molecular formula is C15H15N3O. The molecule has 0 spiro atoms. The first kappa shape index (κ1) is 11.9. The van der Waals surface area contributed by atoms with E-state index in [9.17, 15) is 0 Å². The number of nitrogens with zero attached hydrogens (tertiary/aromatic N) is 1. The summed E-state index contributed by atoms with van der Waals surface area (Å²) in [5.74, 6) is 6.54. The number of furan rings is 1. The molecule has 2 aromatic heterocycles. The van der Waals surface area contributed by atoms with Crippen LogP contribution in [0.5, 0.6) is 0 Å². The van der Waals surface area contributed by atoms with Gasteiger partial charge in [0, 0.05) is 23.3 Å². The van der Waals surface area contributed by atoms with Gasteiger partial charge in [-0.2, -0.15) is 0 Å². The minimum absolute atomic E-state index is 0.200. The molecule has 0 saturated carbocycles. The summed E-state index contributed by atoms with van der Waals surface area (Å²) in [6.07, 6.45) is 5.35. The normalized spacial score (nSPS) is 12.7. The van der Waals surface area contributed by atoms with E-state index in [0.29, 0.717) is 0 Å². The number of hydrazine groups is 1. The summed E-state index contributed by atoms with van der Waals surface area (Å²) < 4.78 is 5.55. The molecule has 4 heteroatoms. The molecule has 0 aliphatic rings. The SMILES string of the molecule is Cc1ccoc1C(NN)c1cncc2ccccc12. The van der Waals surface area contributed by atoms with Gasteiger partial charge in [-0.3, -0.25) is 10.8 Å². The fourth-order valence-electron chi connectivity index (χ4n) is 2.36. The summed E-state index contributed by atoms with van der Waals surface area (Å²) in [5.41, 5.74) is 4.90. The van der Waals surface area contributed by atoms with E-state index in [2.05, 4.69) is 16.5 Å². The highest BCUT2D eigenvalue weighted by atomic mass is 16.3. The van der Waals surface area contributed by atoms with Gasteiger partial charge >= 0.3 is 0 Å². The first-order valence-corrected chi connectivity index (χ1v) is 6.14. The maximum absolute atomic E-state index is 5.72. The van der Waals surface area contributed by atoms with Crippen LogP contribution in [0.25, 0.3) is 10.8 Å². The number of aryl methyl sites for hydroxylation is 1. The van der Waals surface area contributed by atoms with Crippen LogP contribution in [0.15, 0.2) is 53.4 Å². The summed E-state index contributed by atoms with van der Waals surface area (Å²) in [7, 11) is 0. The summed E-state index contributed by atoms with van der Waals surface area (Å²) in [4.78, 5) is 4.28. The summed E-state index contributed by atoms with van der Waals surface area (Å²) in [6, 6.07) is 9.83. The first-order chi connectivity index (χ1) is 9.31. The lowest BCUT2D eigenvalue weighted by Crippen LogP contribution is -2.29. The average Bonchev–Trinajstić information content (AvgIpc) is 2.86. The summed E-state index contributed by atoms with van der Waals surface area (Å²) in [5, 5.41) is 2.21. The molecule has 2 heterocycles. The average molecular weight is 253 g/mol. The van der Waals surface area contributed by atoms with E-state index in [4.69, 9.17) is 10.3 Å². The van der Waals surface area contributed by atoms with Gasteiger partial charge in [0.15, 0.2) is 0 Å². The van der Waals surface area contributed by atoms with Crippen LogP contribution in [0.1, 0.15) is 22.9 Å². The molecule has 0 aliphatic heterocycles. The van der Waals surface area contributed by atoms with Crippen molar-refractivity contribution in [3.05, 3.63) is 65.9 Å². The molecule has 4 nitrogen and oxygen atoms in total. The van der Waals surface area contributed by atoms with Crippen molar-refractivity contribution in [3.8, 4) is 0 Å². The molecule has 1 aromatic carbocycles. The van der Waals surface area contributed by atoms with Gasteiger partial charge in [0.25, 0.3) is 0 Å². The molecule has 19 heavy (non-hydrogen) atoms. The highest BCUT2D eigenvalue weighted by Gasteiger charge is 2.20. The van der Waals surface area contributed by atoms with Gasteiger partial charge in [-0.1, -0.05) is 24.3 Å². The molecule has 0 bridgehead atoms. The van der Waals surface area contributed by atoms with Gasteiger partial charge in [0.2, 0.25) is 0 Å². The Morgan fingerprint density at radius 2 is 2.05 bits per heavy atom. The zero-order valence-corrected chi connectivity index (χ0v) is 10.6. The number of aromatic nitrogens is 1.